The van der Waals surface area contributed by atoms with Crippen LogP contribution in [0.1, 0.15) is 71.6 Å². The van der Waals surface area contributed by atoms with Gasteiger partial charge in [0.25, 0.3) is 0 Å². The van der Waals surface area contributed by atoms with Gasteiger partial charge in [-0.05, 0) is 18.8 Å². The molecule has 0 bridgehead atoms. The number of carbonyl (C=O) groups is 1. The molecule has 0 rings (SSSR count). The molecule has 0 heterocycles. The van der Waals surface area contributed by atoms with E-state index in [0.717, 1.165) is 18.8 Å². The van der Waals surface area contributed by atoms with Crippen LogP contribution in [0.25, 0.3) is 0 Å². The minimum atomic E-state index is -0.838. The summed E-state index contributed by atoms with van der Waals surface area (Å²) in [4.78, 5) is 10.2. The lowest BCUT2D eigenvalue weighted by Gasteiger charge is -2.07. The highest BCUT2D eigenvalue weighted by atomic mass is 16.4. The molecular formula is C15H28O2. The molecule has 1 N–H and O–H groups in total. The lowest BCUT2D eigenvalue weighted by atomic mass is 10.00. The van der Waals surface area contributed by atoms with Gasteiger partial charge in [-0.1, -0.05) is 64.9 Å². The predicted molar refractivity (Wildman–Crippen MR) is 73.2 cm³/mol. The molecule has 0 aromatic rings. The Kier molecular flexibility index (Phi) is 11.1. The van der Waals surface area contributed by atoms with E-state index >= 15 is 0 Å². The molecular weight excluding hydrogens is 212 g/mol. The third-order valence-corrected chi connectivity index (χ3v) is 3.28. The summed E-state index contributed by atoms with van der Waals surface area (Å²) < 4.78 is 0. The first-order valence-corrected chi connectivity index (χ1v) is 7.06. The average Bonchev–Trinajstić information content (AvgIpc) is 2.30. The van der Waals surface area contributed by atoms with Crippen molar-refractivity contribution in [1.29, 1.82) is 0 Å². The Balaban J connectivity index is 3.11. The summed E-state index contributed by atoms with van der Waals surface area (Å²) in [5.41, 5.74) is 0. The number of carboxylic acid groups (broad SMARTS) is 1. The quantitative estimate of drug-likeness (QED) is 0.416. The van der Waals surface area contributed by atoms with Crippen LogP contribution in [0.4, 0.5) is 0 Å². The summed E-state index contributed by atoms with van der Waals surface area (Å²) in [6, 6.07) is 0. The zero-order valence-corrected chi connectivity index (χ0v) is 11.5. The van der Waals surface area contributed by atoms with Gasteiger partial charge >= 0.3 is 5.97 Å². The van der Waals surface area contributed by atoms with Crippen LogP contribution >= 0.6 is 0 Å². The summed E-state index contributed by atoms with van der Waals surface area (Å²) in [6.07, 6.45) is 14.3. The van der Waals surface area contributed by atoms with Gasteiger partial charge in [0.15, 0.2) is 0 Å². The van der Waals surface area contributed by atoms with Gasteiger partial charge in [-0.3, -0.25) is 0 Å². The van der Waals surface area contributed by atoms with Crippen molar-refractivity contribution in [1.82, 2.24) is 0 Å². The maximum atomic E-state index is 10.2. The highest BCUT2D eigenvalue weighted by Crippen LogP contribution is 2.14. The monoisotopic (exact) mass is 240 g/mol. The van der Waals surface area contributed by atoms with Crippen LogP contribution in [-0.2, 0) is 4.79 Å². The third-order valence-electron chi connectivity index (χ3n) is 3.28. The molecule has 0 aromatic carbocycles. The van der Waals surface area contributed by atoms with Crippen LogP contribution in [0.15, 0.2) is 12.2 Å². The van der Waals surface area contributed by atoms with Gasteiger partial charge in [-0.25, -0.2) is 4.79 Å². The van der Waals surface area contributed by atoms with E-state index in [-0.39, 0.29) is 0 Å². The largest absolute Gasteiger partial charge is 0.478 e. The molecule has 0 aliphatic rings. The van der Waals surface area contributed by atoms with Crippen LogP contribution in [0.3, 0.4) is 0 Å². The van der Waals surface area contributed by atoms with E-state index in [4.69, 9.17) is 5.11 Å². The van der Waals surface area contributed by atoms with E-state index in [1.165, 1.54) is 51.0 Å². The first-order valence-electron chi connectivity index (χ1n) is 7.06. The number of unbranched alkanes of at least 4 members (excludes halogenated alkanes) is 6. The highest BCUT2D eigenvalue weighted by Gasteiger charge is 1.97. The average molecular weight is 240 g/mol. The van der Waals surface area contributed by atoms with Crippen molar-refractivity contribution >= 4 is 5.97 Å². The van der Waals surface area contributed by atoms with Gasteiger partial charge in [0.1, 0.15) is 0 Å². The van der Waals surface area contributed by atoms with E-state index in [0.29, 0.717) is 0 Å². The zero-order chi connectivity index (χ0) is 12.9. The molecule has 0 saturated carbocycles. The Morgan fingerprint density at radius 1 is 1.12 bits per heavy atom. The van der Waals surface area contributed by atoms with Gasteiger partial charge in [-0.2, -0.15) is 0 Å². The Bertz CT molecular complexity index is 209. The minimum absolute atomic E-state index is 0.838. The Labute approximate surface area is 106 Å². The maximum Gasteiger partial charge on any atom is 0.327 e. The molecule has 2 heteroatoms. The van der Waals surface area contributed by atoms with Crippen molar-refractivity contribution in [3.8, 4) is 0 Å². The van der Waals surface area contributed by atoms with Crippen molar-refractivity contribution in [2.45, 2.75) is 71.6 Å². The highest BCUT2D eigenvalue weighted by molar-refractivity contribution is 5.79. The van der Waals surface area contributed by atoms with Crippen molar-refractivity contribution in [3.05, 3.63) is 12.2 Å². The molecule has 0 spiro atoms. The molecule has 0 radical (unpaired) electrons. The van der Waals surface area contributed by atoms with Crippen LogP contribution in [0.2, 0.25) is 0 Å². The Hall–Kier alpha value is -0.790. The minimum Gasteiger partial charge on any atom is -0.478 e. The molecule has 2 nitrogen and oxygen atoms in total. The van der Waals surface area contributed by atoms with E-state index in [1.54, 1.807) is 6.08 Å². The molecule has 100 valence electrons. The maximum absolute atomic E-state index is 10.2. The second-order valence-corrected chi connectivity index (χ2v) is 4.95. The number of rotatable bonds is 11. The number of allylic oxidation sites excluding steroid dienone is 1. The van der Waals surface area contributed by atoms with E-state index in [2.05, 4.69) is 13.8 Å². The Morgan fingerprint density at radius 3 is 2.29 bits per heavy atom. The topological polar surface area (TPSA) is 37.3 Å². The van der Waals surface area contributed by atoms with Crippen LogP contribution in [0.5, 0.6) is 0 Å². The molecule has 0 aliphatic carbocycles. The van der Waals surface area contributed by atoms with E-state index in [9.17, 15) is 4.79 Å². The van der Waals surface area contributed by atoms with Gasteiger partial charge in [-0.15, -0.1) is 0 Å². The lowest BCUT2D eigenvalue weighted by molar-refractivity contribution is -0.131. The fraction of sp³-hybridized carbons (Fsp3) is 0.800. The van der Waals surface area contributed by atoms with Crippen molar-refractivity contribution in [2.24, 2.45) is 5.92 Å². The summed E-state index contributed by atoms with van der Waals surface area (Å²) in [7, 11) is 0. The lowest BCUT2D eigenvalue weighted by Crippen LogP contribution is -1.91. The van der Waals surface area contributed by atoms with Gasteiger partial charge in [0.2, 0.25) is 0 Å². The van der Waals surface area contributed by atoms with Crippen molar-refractivity contribution in [2.75, 3.05) is 0 Å². The first-order chi connectivity index (χ1) is 8.16. The summed E-state index contributed by atoms with van der Waals surface area (Å²) >= 11 is 0. The third kappa shape index (κ3) is 13.1. The zero-order valence-electron chi connectivity index (χ0n) is 11.5. The number of hydrogen-bond acceptors (Lipinski definition) is 1. The van der Waals surface area contributed by atoms with Gasteiger partial charge < -0.3 is 5.11 Å². The predicted octanol–water partition coefficient (Wildman–Crippen LogP) is 4.79. The van der Waals surface area contributed by atoms with Crippen molar-refractivity contribution in [3.63, 3.8) is 0 Å². The van der Waals surface area contributed by atoms with Gasteiger partial charge in [0.05, 0.1) is 0 Å². The normalized spacial score (nSPS) is 13.1. The molecule has 1 atom stereocenters. The van der Waals surface area contributed by atoms with Crippen molar-refractivity contribution < 1.29 is 9.90 Å². The summed E-state index contributed by atoms with van der Waals surface area (Å²) in [5, 5.41) is 8.39. The fourth-order valence-electron chi connectivity index (χ4n) is 1.85. The molecule has 0 aromatic heterocycles. The second-order valence-electron chi connectivity index (χ2n) is 4.95. The molecule has 0 aliphatic heterocycles. The standard InChI is InChI=1S/C15H28O2/c1-3-14(2)12-10-8-6-4-5-7-9-11-13-15(16)17/h11,13-14H,3-10,12H2,1-2H3,(H,16,17)/b13-11-. The first kappa shape index (κ1) is 16.2. The molecule has 0 amide bonds. The van der Waals surface area contributed by atoms with Gasteiger partial charge in [0, 0.05) is 6.08 Å². The van der Waals surface area contributed by atoms with Crippen LogP contribution < -0.4 is 0 Å². The molecule has 0 saturated heterocycles. The van der Waals surface area contributed by atoms with E-state index < -0.39 is 5.97 Å². The number of aliphatic carboxylic acids is 1. The molecule has 17 heavy (non-hydrogen) atoms. The Morgan fingerprint density at radius 2 is 1.71 bits per heavy atom. The van der Waals surface area contributed by atoms with Crippen LogP contribution in [0, 0.1) is 5.92 Å². The molecule has 1 unspecified atom stereocenters. The smallest absolute Gasteiger partial charge is 0.327 e. The van der Waals surface area contributed by atoms with E-state index in [1.807, 2.05) is 0 Å². The summed E-state index contributed by atoms with van der Waals surface area (Å²) in [5.74, 6) is 0.0474. The SMILES string of the molecule is CCC(C)CCCCCCCC/C=C\C(=O)O. The number of carboxylic acids is 1. The fourth-order valence-corrected chi connectivity index (χ4v) is 1.85. The number of hydrogen-bond donors (Lipinski definition) is 1. The molecule has 0 fully saturated rings. The summed E-state index contributed by atoms with van der Waals surface area (Å²) in [6.45, 7) is 4.59. The second kappa shape index (κ2) is 11.7. The van der Waals surface area contributed by atoms with Crippen LogP contribution in [-0.4, -0.2) is 11.1 Å².